The quantitative estimate of drug-likeness (QED) is 0.0711. The number of hydrogen-bond donors (Lipinski definition) is 7. The first-order valence-corrected chi connectivity index (χ1v) is 21.3. The van der Waals surface area contributed by atoms with E-state index in [1.165, 1.54) is 29.8 Å². The van der Waals surface area contributed by atoms with E-state index >= 15 is 0 Å². The van der Waals surface area contributed by atoms with Crippen LogP contribution in [0.15, 0.2) is 108 Å². The lowest BCUT2D eigenvalue weighted by Crippen LogP contribution is -2.46. The Kier molecular flexibility index (Phi) is 14.3. The largest absolute Gasteiger partial charge is 0.506 e. The van der Waals surface area contributed by atoms with Crippen molar-refractivity contribution in [1.29, 1.82) is 0 Å². The number of pyridine rings is 1. The Morgan fingerprint density at radius 1 is 0.855 bits per heavy atom. The molecule has 2 aliphatic rings. The first-order chi connectivity index (χ1) is 30.0. The number of aliphatic hydroxyl groups is 2. The Morgan fingerprint density at radius 3 is 2.34 bits per heavy atom. The molecule has 1 aromatic heterocycles. The van der Waals surface area contributed by atoms with E-state index in [1.807, 2.05) is 30.3 Å². The molecule has 14 heteroatoms. The molecule has 7 N–H and O–H groups in total. The molecule has 2 aliphatic heterocycles. The minimum Gasteiger partial charge on any atom is -0.506 e. The number of carbonyl (C=O) groups excluding carboxylic acids is 2. The summed E-state index contributed by atoms with van der Waals surface area (Å²) in [5.74, 6) is -1.43. The van der Waals surface area contributed by atoms with Crippen LogP contribution in [0, 0.1) is 11.8 Å². The van der Waals surface area contributed by atoms with Crippen molar-refractivity contribution in [3.05, 3.63) is 141 Å². The number of likely N-dealkylation sites (tertiary alicyclic amines) is 2. The summed E-state index contributed by atoms with van der Waals surface area (Å²) in [6.45, 7) is 4.09. The molecule has 7 rings (SSSR count). The summed E-state index contributed by atoms with van der Waals surface area (Å²) in [7, 11) is 0. The summed E-state index contributed by atoms with van der Waals surface area (Å²) in [6, 6.07) is 29.6. The van der Waals surface area contributed by atoms with Crippen molar-refractivity contribution >= 4 is 28.7 Å². The minimum atomic E-state index is -2.36. The van der Waals surface area contributed by atoms with Crippen LogP contribution in [0.4, 0.5) is 0 Å². The van der Waals surface area contributed by atoms with Crippen molar-refractivity contribution in [3.8, 4) is 11.5 Å². The first kappa shape index (κ1) is 44.0. The molecule has 2 fully saturated rings. The van der Waals surface area contributed by atoms with Gasteiger partial charge in [-0.2, -0.15) is 0 Å². The number of phenolic OH excluding ortho intramolecular Hbond substituents is 1. The second kappa shape index (κ2) is 20.2. The minimum absolute atomic E-state index is 0.0691. The molecule has 0 saturated carbocycles. The number of ether oxygens (including phenoxy) is 1. The van der Waals surface area contributed by atoms with Gasteiger partial charge in [0, 0.05) is 48.8 Å². The highest BCUT2D eigenvalue weighted by atomic mass is 16.5. The molecule has 2 saturated heterocycles. The molecule has 0 bridgehead atoms. The second-order valence-corrected chi connectivity index (χ2v) is 16.5. The Balaban J connectivity index is 0.854. The number of piperidine rings is 2. The number of carboxylic acids is 1. The lowest BCUT2D eigenvalue weighted by molar-refractivity contribution is -0.155. The average molecular weight is 846 g/mol. The molecule has 3 heterocycles. The zero-order valence-corrected chi connectivity index (χ0v) is 34.7. The number of benzene rings is 4. The van der Waals surface area contributed by atoms with Gasteiger partial charge in [0.05, 0.1) is 18.2 Å². The van der Waals surface area contributed by atoms with Gasteiger partial charge in [-0.3, -0.25) is 19.3 Å². The number of nitrogens with zero attached hydrogens (tertiary/aromatic N) is 2. The number of rotatable bonds is 17. The second-order valence-electron chi connectivity index (χ2n) is 16.5. The maximum atomic E-state index is 13.0. The van der Waals surface area contributed by atoms with Gasteiger partial charge < -0.3 is 45.7 Å². The van der Waals surface area contributed by atoms with E-state index in [4.69, 9.17) is 4.74 Å². The maximum Gasteiger partial charge on any atom is 0.345 e. The molecule has 2 atom stereocenters. The number of hydrogen-bond acceptors (Lipinski definition) is 10. The first-order valence-electron chi connectivity index (χ1n) is 21.3. The van der Waals surface area contributed by atoms with Gasteiger partial charge in [-0.1, -0.05) is 72.8 Å². The van der Waals surface area contributed by atoms with Crippen LogP contribution in [0.3, 0.4) is 0 Å². The molecule has 0 aliphatic carbocycles. The predicted octanol–water partition coefficient (Wildman–Crippen LogP) is 4.07. The lowest BCUT2D eigenvalue weighted by atomic mass is 9.80. The Labute approximate surface area is 360 Å². The molecule has 5 aromatic rings. The molecular formula is C48H55N5O9. The monoisotopic (exact) mass is 845 g/mol. The van der Waals surface area contributed by atoms with Gasteiger partial charge in [-0.05, 0) is 105 Å². The summed E-state index contributed by atoms with van der Waals surface area (Å²) in [4.78, 5) is 57.1. The molecule has 62 heavy (non-hydrogen) atoms. The van der Waals surface area contributed by atoms with E-state index in [9.17, 15) is 39.6 Å². The van der Waals surface area contributed by atoms with Gasteiger partial charge in [0.2, 0.25) is 17.1 Å². The fourth-order valence-electron chi connectivity index (χ4n) is 8.71. The van der Waals surface area contributed by atoms with Crippen LogP contribution in [0.25, 0.3) is 10.9 Å². The van der Waals surface area contributed by atoms with Gasteiger partial charge in [0.15, 0.2) is 6.61 Å². The number of aromatic hydroxyl groups is 1. The third kappa shape index (κ3) is 10.7. The number of aliphatic hydroxyl groups excluding tert-OH is 1. The third-order valence-electron chi connectivity index (χ3n) is 12.2. The smallest absolute Gasteiger partial charge is 0.345 e. The standard InChI is InChI=1S/C48H55N5O9/c54-41-15-13-38(39-14-16-43(56)51-46(39)41)42(55)28-49-27-33-19-23-53(24-20-33)45(58)29-50-44(57)31-62-37-11-6-10-36(26-37)48(61,47(59)60)40-12-5-4-9-35(40)25-32-17-21-52(22-18-32)30-34-7-2-1-3-8-34/h1-16,26,32-33,42,49,54-55,61H,17-25,27-31H2,(H,50,57)(H,51,56)(H,59,60)/t42-,48-/m0/s1. The van der Waals surface area contributed by atoms with Crippen LogP contribution in [-0.2, 0) is 33.0 Å². The zero-order chi connectivity index (χ0) is 43.6. The molecule has 4 aromatic carbocycles. The van der Waals surface area contributed by atoms with Crippen LogP contribution >= 0.6 is 0 Å². The van der Waals surface area contributed by atoms with Gasteiger partial charge in [-0.15, -0.1) is 0 Å². The Hall–Kier alpha value is -6.06. The van der Waals surface area contributed by atoms with Crippen molar-refractivity contribution in [2.75, 3.05) is 52.4 Å². The van der Waals surface area contributed by atoms with Crippen LogP contribution in [0.2, 0.25) is 0 Å². The van der Waals surface area contributed by atoms with Crippen molar-refractivity contribution in [3.63, 3.8) is 0 Å². The third-order valence-corrected chi connectivity index (χ3v) is 12.2. The maximum absolute atomic E-state index is 13.0. The summed E-state index contributed by atoms with van der Waals surface area (Å²) in [5, 5.41) is 50.0. The molecule has 2 amide bonds. The average Bonchev–Trinajstić information content (AvgIpc) is 3.29. The van der Waals surface area contributed by atoms with Crippen LogP contribution in [0.1, 0.15) is 59.6 Å². The van der Waals surface area contributed by atoms with E-state index < -0.39 is 30.2 Å². The van der Waals surface area contributed by atoms with Crippen molar-refractivity contribution in [2.45, 2.75) is 50.4 Å². The molecule has 0 spiro atoms. The van der Waals surface area contributed by atoms with Crippen LogP contribution < -0.4 is 20.9 Å². The number of carboxylic acid groups (broad SMARTS) is 1. The molecule has 326 valence electrons. The Morgan fingerprint density at radius 2 is 1.58 bits per heavy atom. The number of fused-ring (bicyclic) bond motifs is 1. The number of amides is 2. The van der Waals surface area contributed by atoms with Gasteiger partial charge in [0.25, 0.3) is 5.91 Å². The molecule has 14 nitrogen and oxygen atoms in total. The molecular weight excluding hydrogens is 791 g/mol. The lowest BCUT2D eigenvalue weighted by Gasteiger charge is -2.33. The van der Waals surface area contributed by atoms with Gasteiger partial charge in [0.1, 0.15) is 11.5 Å². The van der Waals surface area contributed by atoms with E-state index in [0.717, 1.165) is 50.9 Å². The van der Waals surface area contributed by atoms with Crippen molar-refractivity contribution in [2.24, 2.45) is 11.8 Å². The summed E-state index contributed by atoms with van der Waals surface area (Å²) < 4.78 is 5.73. The van der Waals surface area contributed by atoms with E-state index in [-0.39, 0.29) is 53.1 Å². The topological polar surface area (TPSA) is 205 Å². The highest BCUT2D eigenvalue weighted by molar-refractivity contribution is 5.88. The normalized spacial score (nSPS) is 16.7. The SMILES string of the molecule is O=C(COc1cccc([C@@](O)(C(=O)O)c2ccccc2CC2CCN(Cc3ccccc3)CC2)c1)NCC(=O)N1CCC(CNC[C@H](O)c2ccc(O)c3[nH]c(=O)ccc23)CC1. The van der Waals surface area contributed by atoms with Crippen molar-refractivity contribution in [1.82, 2.24) is 25.4 Å². The molecule has 0 unspecified atom stereocenters. The predicted molar refractivity (Wildman–Crippen MR) is 234 cm³/mol. The summed E-state index contributed by atoms with van der Waals surface area (Å²) in [5.41, 5.74) is 0.598. The summed E-state index contributed by atoms with van der Waals surface area (Å²) >= 11 is 0. The number of aliphatic carboxylic acids is 1. The van der Waals surface area contributed by atoms with Gasteiger partial charge >= 0.3 is 5.97 Å². The molecule has 0 radical (unpaired) electrons. The Bertz CT molecular complexity index is 2390. The number of H-pyrrole nitrogens is 1. The highest BCUT2D eigenvalue weighted by Gasteiger charge is 2.42. The number of carbonyl (C=O) groups is 3. The zero-order valence-electron chi connectivity index (χ0n) is 34.7. The fraction of sp³-hybridized carbons (Fsp3) is 0.375. The van der Waals surface area contributed by atoms with E-state index in [1.54, 1.807) is 41.3 Å². The van der Waals surface area contributed by atoms with E-state index in [0.29, 0.717) is 48.5 Å². The van der Waals surface area contributed by atoms with Crippen molar-refractivity contribution < 1.29 is 39.5 Å². The number of aromatic nitrogens is 1. The fourth-order valence-corrected chi connectivity index (χ4v) is 8.71. The number of phenols is 1. The van der Waals surface area contributed by atoms with E-state index in [2.05, 4.69) is 32.7 Å². The van der Waals surface area contributed by atoms with Gasteiger partial charge in [-0.25, -0.2) is 4.79 Å². The number of nitrogens with one attached hydrogen (secondary N) is 3. The van der Waals surface area contributed by atoms with Crippen LogP contribution in [-0.4, -0.2) is 105 Å². The number of aromatic amines is 1. The highest BCUT2D eigenvalue weighted by Crippen LogP contribution is 2.36. The summed E-state index contributed by atoms with van der Waals surface area (Å²) in [6.07, 6.45) is 3.17. The van der Waals surface area contributed by atoms with Crippen LogP contribution in [0.5, 0.6) is 11.5 Å².